The third kappa shape index (κ3) is 2.86. The molecule has 1 rings (SSSR count). The van der Waals surface area contributed by atoms with Crippen molar-refractivity contribution in [1.29, 1.82) is 0 Å². The van der Waals surface area contributed by atoms with Gasteiger partial charge in [-0.25, -0.2) is 18.0 Å². The van der Waals surface area contributed by atoms with Gasteiger partial charge in [0, 0.05) is 0 Å². The number of hydrogen-bond acceptors (Lipinski definition) is 4. The third-order valence-corrected chi connectivity index (χ3v) is 2.55. The lowest BCUT2D eigenvalue weighted by Gasteiger charge is -2.10. The summed E-state index contributed by atoms with van der Waals surface area (Å²) >= 11 is 3.46. The molecular weight excluding hydrogens is 295 g/mol. The number of ether oxygens (including phenoxy) is 1. The Balaban J connectivity index is 3.23. The highest BCUT2D eigenvalue weighted by molar-refractivity contribution is 7.82. The maximum atomic E-state index is 13.1. The topological polar surface area (TPSA) is 43.4 Å². The minimum Gasteiger partial charge on any atom is -0.419 e. The third-order valence-electron chi connectivity index (χ3n) is 1.98. The van der Waals surface area contributed by atoms with Crippen molar-refractivity contribution in [2.24, 2.45) is 0 Å². The van der Waals surface area contributed by atoms with Gasteiger partial charge in [-0.05, 0) is 6.92 Å². The van der Waals surface area contributed by atoms with Gasteiger partial charge in [-0.3, -0.25) is 4.79 Å². The van der Waals surface area contributed by atoms with Crippen LogP contribution in [0, 0.1) is 29.1 Å². The van der Waals surface area contributed by atoms with Gasteiger partial charge < -0.3 is 4.74 Å². The zero-order valence-electron chi connectivity index (χ0n) is 9.14. The van der Waals surface area contributed by atoms with E-state index in [-0.39, 0.29) is 0 Å². The van der Waals surface area contributed by atoms with Gasteiger partial charge >= 0.3 is 5.97 Å². The summed E-state index contributed by atoms with van der Waals surface area (Å²) in [7, 11) is 0. The smallest absolute Gasteiger partial charge is 0.332 e. The van der Waals surface area contributed by atoms with E-state index in [1.807, 2.05) is 0 Å². The fourth-order valence-electron chi connectivity index (χ4n) is 0.997. The molecule has 0 N–H and O–H groups in total. The van der Waals surface area contributed by atoms with Gasteiger partial charge in [-0.2, -0.15) is 21.4 Å². The number of thiol groups is 1. The molecule has 0 heterocycles. The number of rotatable bonds is 3. The maximum absolute atomic E-state index is 13.1. The van der Waals surface area contributed by atoms with Crippen molar-refractivity contribution < 1.29 is 36.3 Å². The predicted molar refractivity (Wildman–Crippen MR) is 55.3 cm³/mol. The van der Waals surface area contributed by atoms with E-state index in [4.69, 9.17) is 0 Å². The van der Waals surface area contributed by atoms with E-state index < -0.39 is 51.8 Å². The molecule has 0 radical (unpaired) electrons. The molecule has 0 amide bonds. The Kier molecular flexibility index (Phi) is 4.51. The SMILES string of the molecule is CC(=O)[C@H](S)C(=O)Oc1c(F)c(F)c(F)c(F)c1F. The first kappa shape index (κ1) is 15.4. The summed E-state index contributed by atoms with van der Waals surface area (Å²) in [5.74, 6) is -15.7. The van der Waals surface area contributed by atoms with E-state index in [1.165, 1.54) is 0 Å². The Hall–Kier alpha value is -1.64. The zero-order valence-corrected chi connectivity index (χ0v) is 10.0. The van der Waals surface area contributed by atoms with Crippen LogP contribution in [0.15, 0.2) is 0 Å². The lowest BCUT2D eigenvalue weighted by atomic mass is 10.2. The van der Waals surface area contributed by atoms with E-state index in [1.54, 1.807) is 0 Å². The highest BCUT2D eigenvalue weighted by atomic mass is 32.1. The van der Waals surface area contributed by atoms with Crippen LogP contribution >= 0.6 is 12.6 Å². The van der Waals surface area contributed by atoms with E-state index in [9.17, 15) is 31.5 Å². The lowest BCUT2D eigenvalue weighted by Crippen LogP contribution is -2.28. The Morgan fingerprint density at radius 3 is 1.68 bits per heavy atom. The molecule has 0 saturated carbocycles. The number of halogens is 5. The van der Waals surface area contributed by atoms with Gasteiger partial charge in [-0.1, -0.05) is 0 Å². The number of carbonyl (C=O) groups excluding carboxylic acids is 2. The fraction of sp³-hybridized carbons (Fsp3) is 0.200. The summed E-state index contributed by atoms with van der Waals surface area (Å²) in [5, 5.41) is -1.70. The summed E-state index contributed by atoms with van der Waals surface area (Å²) in [6.45, 7) is 0.928. The number of hydrogen-bond donors (Lipinski definition) is 1. The van der Waals surface area contributed by atoms with Crippen LogP contribution in [-0.2, 0) is 9.59 Å². The Bertz CT molecular complexity index is 532. The monoisotopic (exact) mass is 300 g/mol. The highest BCUT2D eigenvalue weighted by Crippen LogP contribution is 2.29. The lowest BCUT2D eigenvalue weighted by molar-refractivity contribution is -0.137. The molecule has 0 aliphatic rings. The first-order valence-electron chi connectivity index (χ1n) is 4.60. The summed E-state index contributed by atoms with van der Waals surface area (Å²) in [4.78, 5) is 21.9. The van der Waals surface area contributed by atoms with Crippen LogP contribution in [0.5, 0.6) is 5.75 Å². The number of carbonyl (C=O) groups is 2. The van der Waals surface area contributed by atoms with Crippen LogP contribution in [0.1, 0.15) is 6.92 Å². The van der Waals surface area contributed by atoms with Crippen LogP contribution in [0.2, 0.25) is 0 Å². The first-order valence-corrected chi connectivity index (χ1v) is 5.11. The second-order valence-electron chi connectivity index (χ2n) is 3.33. The number of Topliss-reactive ketones (excluding diaryl/α,β-unsaturated/α-hetero) is 1. The largest absolute Gasteiger partial charge is 0.419 e. The molecule has 1 aromatic rings. The van der Waals surface area contributed by atoms with Crippen molar-refractivity contribution in [1.82, 2.24) is 0 Å². The molecule has 0 unspecified atom stereocenters. The molecule has 0 bridgehead atoms. The molecule has 0 aliphatic heterocycles. The molecule has 0 aliphatic carbocycles. The molecule has 0 aromatic heterocycles. The van der Waals surface area contributed by atoms with Crippen molar-refractivity contribution in [3.63, 3.8) is 0 Å². The first-order chi connectivity index (χ1) is 8.68. The molecule has 3 nitrogen and oxygen atoms in total. The molecule has 1 atom stereocenters. The van der Waals surface area contributed by atoms with Gasteiger partial charge in [0.1, 0.15) is 0 Å². The van der Waals surface area contributed by atoms with Crippen molar-refractivity contribution in [2.75, 3.05) is 0 Å². The Morgan fingerprint density at radius 1 is 0.947 bits per heavy atom. The second kappa shape index (κ2) is 5.55. The highest BCUT2D eigenvalue weighted by Gasteiger charge is 2.30. The number of ketones is 1. The second-order valence-corrected chi connectivity index (χ2v) is 3.85. The summed E-state index contributed by atoms with van der Waals surface area (Å²) in [6.07, 6.45) is 0. The zero-order chi connectivity index (χ0) is 14.9. The van der Waals surface area contributed by atoms with Crippen molar-refractivity contribution in [3.05, 3.63) is 29.1 Å². The average Bonchev–Trinajstić information content (AvgIpc) is 2.37. The molecular formula is C10H5F5O3S. The van der Waals surface area contributed by atoms with Crippen molar-refractivity contribution >= 4 is 24.4 Å². The average molecular weight is 300 g/mol. The molecule has 0 fully saturated rings. The van der Waals surface area contributed by atoms with Crippen LogP contribution in [-0.4, -0.2) is 17.0 Å². The van der Waals surface area contributed by atoms with Crippen LogP contribution in [0.3, 0.4) is 0 Å². The summed E-state index contributed by atoms with van der Waals surface area (Å²) < 4.78 is 68.5. The molecule has 1 aromatic carbocycles. The van der Waals surface area contributed by atoms with Gasteiger partial charge in [-0.15, -0.1) is 0 Å². The molecule has 9 heteroatoms. The standard InChI is InChI=1S/C10H5F5O3S/c1-2(16)9(19)10(17)18-8-6(14)4(12)3(11)5(13)7(8)15/h9,19H,1H3/t9-/m0/s1. The van der Waals surface area contributed by atoms with Gasteiger partial charge in [0.05, 0.1) is 0 Å². The van der Waals surface area contributed by atoms with Gasteiger partial charge in [0.25, 0.3) is 0 Å². The van der Waals surface area contributed by atoms with Crippen LogP contribution < -0.4 is 4.74 Å². The van der Waals surface area contributed by atoms with E-state index in [0.29, 0.717) is 0 Å². The molecule has 0 spiro atoms. The Morgan fingerprint density at radius 2 is 1.32 bits per heavy atom. The molecule has 0 saturated heterocycles. The van der Waals surface area contributed by atoms with Crippen molar-refractivity contribution in [2.45, 2.75) is 12.2 Å². The number of esters is 1. The van der Waals surface area contributed by atoms with E-state index in [2.05, 4.69) is 17.4 Å². The van der Waals surface area contributed by atoms with Gasteiger partial charge in [0.15, 0.2) is 11.0 Å². The van der Waals surface area contributed by atoms with Gasteiger partial charge in [0.2, 0.25) is 34.8 Å². The fourth-order valence-corrected chi connectivity index (χ4v) is 1.05. The van der Waals surface area contributed by atoms with E-state index in [0.717, 1.165) is 6.92 Å². The Labute approximate surface area is 108 Å². The predicted octanol–water partition coefficient (Wildman–Crippen LogP) is 2.17. The molecule has 19 heavy (non-hydrogen) atoms. The van der Waals surface area contributed by atoms with Crippen molar-refractivity contribution in [3.8, 4) is 5.75 Å². The quantitative estimate of drug-likeness (QED) is 0.177. The maximum Gasteiger partial charge on any atom is 0.332 e. The number of benzene rings is 1. The summed E-state index contributed by atoms with van der Waals surface area (Å²) in [5.41, 5.74) is 0. The van der Waals surface area contributed by atoms with Crippen LogP contribution in [0.4, 0.5) is 22.0 Å². The van der Waals surface area contributed by atoms with E-state index >= 15 is 0 Å². The normalized spacial score (nSPS) is 12.2. The minimum atomic E-state index is -2.39. The minimum absolute atomic E-state index is 0.822. The summed E-state index contributed by atoms with van der Waals surface area (Å²) in [6, 6.07) is 0. The molecule has 104 valence electrons. The van der Waals surface area contributed by atoms with Crippen LogP contribution in [0.25, 0.3) is 0 Å².